The molecule has 0 saturated carbocycles. The fourth-order valence-corrected chi connectivity index (χ4v) is 1.22. The van der Waals surface area contributed by atoms with Crippen molar-refractivity contribution in [2.24, 2.45) is 0 Å². The first kappa shape index (κ1) is 17.2. The molecular formula is C15H22O4. The fraction of sp³-hybridized carbons (Fsp3) is 0.467. The Hall–Kier alpha value is -1.84. The van der Waals surface area contributed by atoms with E-state index >= 15 is 0 Å². The second-order valence-electron chi connectivity index (χ2n) is 3.47. The van der Waals surface area contributed by atoms with Gasteiger partial charge in [-0.2, -0.15) is 0 Å². The summed E-state index contributed by atoms with van der Waals surface area (Å²) < 4.78 is 9.79. The van der Waals surface area contributed by atoms with Crippen molar-refractivity contribution >= 4 is 11.9 Å². The Morgan fingerprint density at radius 3 is 2.16 bits per heavy atom. The largest absolute Gasteiger partial charge is 0.462 e. The molecule has 1 rings (SSSR count). The molecule has 0 bridgehead atoms. The summed E-state index contributed by atoms with van der Waals surface area (Å²) in [5, 5.41) is 0. The van der Waals surface area contributed by atoms with E-state index in [-0.39, 0.29) is 19.2 Å². The number of benzene rings is 1. The van der Waals surface area contributed by atoms with Crippen LogP contribution in [0.25, 0.3) is 0 Å². The van der Waals surface area contributed by atoms with Crippen LogP contribution in [-0.2, 0) is 14.3 Å². The van der Waals surface area contributed by atoms with Gasteiger partial charge in [0.15, 0.2) is 0 Å². The lowest BCUT2D eigenvalue weighted by Gasteiger charge is -2.05. The lowest BCUT2D eigenvalue weighted by molar-refractivity contribution is -0.144. The molecule has 0 amide bonds. The van der Waals surface area contributed by atoms with Gasteiger partial charge in [0.05, 0.1) is 5.56 Å². The van der Waals surface area contributed by atoms with Gasteiger partial charge >= 0.3 is 11.9 Å². The number of rotatable bonds is 6. The van der Waals surface area contributed by atoms with Gasteiger partial charge in [0, 0.05) is 6.42 Å². The Labute approximate surface area is 114 Å². The third-order valence-electron chi connectivity index (χ3n) is 2.04. The zero-order valence-corrected chi connectivity index (χ0v) is 11.8. The summed E-state index contributed by atoms with van der Waals surface area (Å²) in [7, 11) is 0. The molecule has 0 fully saturated rings. The Morgan fingerprint density at radius 1 is 1.00 bits per heavy atom. The van der Waals surface area contributed by atoms with Crippen LogP contribution in [0.15, 0.2) is 30.3 Å². The second-order valence-corrected chi connectivity index (χ2v) is 3.47. The zero-order valence-electron chi connectivity index (χ0n) is 11.8. The number of carbonyl (C=O) groups excluding carboxylic acids is 2. The van der Waals surface area contributed by atoms with Crippen LogP contribution in [0, 0.1) is 0 Å². The van der Waals surface area contributed by atoms with Gasteiger partial charge in [-0.15, -0.1) is 0 Å². The van der Waals surface area contributed by atoms with Crippen LogP contribution < -0.4 is 0 Å². The smallest absolute Gasteiger partial charge is 0.338 e. The van der Waals surface area contributed by atoms with Gasteiger partial charge in [0.25, 0.3) is 0 Å². The van der Waals surface area contributed by atoms with Crippen LogP contribution in [0.5, 0.6) is 0 Å². The van der Waals surface area contributed by atoms with E-state index in [2.05, 4.69) is 0 Å². The molecule has 0 N–H and O–H groups in total. The van der Waals surface area contributed by atoms with Crippen molar-refractivity contribution < 1.29 is 19.1 Å². The minimum absolute atomic E-state index is 0.0865. The highest BCUT2D eigenvalue weighted by Gasteiger charge is 2.06. The number of hydrogen-bond donors (Lipinski definition) is 0. The van der Waals surface area contributed by atoms with Gasteiger partial charge in [0.2, 0.25) is 0 Å². The molecule has 1 aromatic carbocycles. The van der Waals surface area contributed by atoms with Crippen LogP contribution in [0.4, 0.5) is 0 Å². The second kappa shape index (κ2) is 11.3. The Balaban J connectivity index is 0.00000154. The van der Waals surface area contributed by atoms with E-state index in [1.54, 1.807) is 24.3 Å². The fourth-order valence-electron chi connectivity index (χ4n) is 1.22. The van der Waals surface area contributed by atoms with Crippen molar-refractivity contribution in [1.29, 1.82) is 0 Å². The summed E-state index contributed by atoms with van der Waals surface area (Å²) in [4.78, 5) is 22.4. The van der Waals surface area contributed by atoms with E-state index in [9.17, 15) is 9.59 Å². The Bertz CT molecular complexity index is 360. The van der Waals surface area contributed by atoms with E-state index < -0.39 is 5.97 Å². The molecule has 0 spiro atoms. The van der Waals surface area contributed by atoms with E-state index in [0.717, 1.165) is 6.42 Å². The van der Waals surface area contributed by atoms with Gasteiger partial charge in [-0.25, -0.2) is 4.79 Å². The van der Waals surface area contributed by atoms with Crippen molar-refractivity contribution in [2.45, 2.75) is 33.6 Å². The highest BCUT2D eigenvalue weighted by Crippen LogP contribution is 2.00. The molecule has 106 valence electrons. The average molecular weight is 266 g/mol. The van der Waals surface area contributed by atoms with Crippen molar-refractivity contribution in [1.82, 2.24) is 0 Å². The summed E-state index contributed by atoms with van der Waals surface area (Å²) >= 11 is 0. The molecule has 4 heteroatoms. The first-order chi connectivity index (χ1) is 9.24. The number of hydrogen-bond acceptors (Lipinski definition) is 4. The number of ether oxygens (including phenoxy) is 2. The van der Waals surface area contributed by atoms with Crippen molar-refractivity contribution in [3.05, 3.63) is 35.9 Å². The van der Waals surface area contributed by atoms with Crippen LogP contribution in [-0.4, -0.2) is 25.2 Å². The molecule has 0 aliphatic heterocycles. The average Bonchev–Trinajstić information content (AvgIpc) is 2.47. The third kappa shape index (κ3) is 7.97. The maximum Gasteiger partial charge on any atom is 0.338 e. The van der Waals surface area contributed by atoms with Gasteiger partial charge in [-0.1, -0.05) is 39.0 Å². The molecule has 19 heavy (non-hydrogen) atoms. The SMILES string of the molecule is CC.CCCC(=O)OCCOC(=O)c1ccccc1. The van der Waals surface area contributed by atoms with Crippen LogP contribution in [0.3, 0.4) is 0 Å². The molecule has 0 saturated heterocycles. The molecule has 0 aliphatic carbocycles. The molecule has 4 nitrogen and oxygen atoms in total. The molecule has 0 atom stereocenters. The van der Waals surface area contributed by atoms with E-state index in [1.807, 2.05) is 26.8 Å². The summed E-state index contributed by atoms with van der Waals surface area (Å²) in [6.07, 6.45) is 1.15. The summed E-state index contributed by atoms with van der Waals surface area (Å²) in [6.45, 7) is 6.09. The minimum atomic E-state index is -0.405. The van der Waals surface area contributed by atoms with Crippen molar-refractivity contribution in [3.8, 4) is 0 Å². The van der Waals surface area contributed by atoms with Crippen LogP contribution >= 0.6 is 0 Å². The topological polar surface area (TPSA) is 52.6 Å². The maximum absolute atomic E-state index is 11.5. The maximum atomic E-state index is 11.5. The lowest BCUT2D eigenvalue weighted by Crippen LogP contribution is -2.13. The van der Waals surface area contributed by atoms with Gasteiger partial charge in [0.1, 0.15) is 13.2 Å². The number of carbonyl (C=O) groups is 2. The molecule has 1 aromatic rings. The van der Waals surface area contributed by atoms with E-state index in [0.29, 0.717) is 12.0 Å². The Morgan fingerprint density at radius 2 is 1.58 bits per heavy atom. The summed E-state index contributed by atoms with van der Waals surface area (Å²) in [5.74, 6) is -0.666. The highest BCUT2D eigenvalue weighted by molar-refractivity contribution is 5.89. The van der Waals surface area contributed by atoms with Crippen molar-refractivity contribution in [3.63, 3.8) is 0 Å². The Kier molecular flexibility index (Phi) is 10.2. The van der Waals surface area contributed by atoms with E-state index in [4.69, 9.17) is 9.47 Å². The normalized spacial score (nSPS) is 9.00. The first-order valence-corrected chi connectivity index (χ1v) is 6.62. The lowest BCUT2D eigenvalue weighted by atomic mass is 10.2. The minimum Gasteiger partial charge on any atom is -0.462 e. The standard InChI is InChI=1S/C13H16O4.C2H6/c1-2-6-12(14)16-9-10-17-13(15)11-7-4-3-5-8-11;1-2/h3-5,7-8H,2,6,9-10H2,1H3;1-2H3. The molecule has 0 aromatic heterocycles. The molecular weight excluding hydrogens is 244 g/mol. The van der Waals surface area contributed by atoms with Gasteiger partial charge < -0.3 is 9.47 Å². The van der Waals surface area contributed by atoms with E-state index in [1.165, 1.54) is 0 Å². The third-order valence-corrected chi connectivity index (χ3v) is 2.04. The molecule has 0 heterocycles. The predicted octanol–water partition coefficient (Wildman–Crippen LogP) is 3.21. The molecule has 0 radical (unpaired) electrons. The van der Waals surface area contributed by atoms with Gasteiger partial charge in [-0.3, -0.25) is 4.79 Å². The van der Waals surface area contributed by atoms with Crippen LogP contribution in [0.2, 0.25) is 0 Å². The monoisotopic (exact) mass is 266 g/mol. The van der Waals surface area contributed by atoms with Crippen LogP contribution in [0.1, 0.15) is 44.0 Å². The summed E-state index contributed by atoms with van der Waals surface area (Å²) in [6, 6.07) is 8.69. The van der Waals surface area contributed by atoms with Crippen molar-refractivity contribution in [2.75, 3.05) is 13.2 Å². The quantitative estimate of drug-likeness (QED) is 0.586. The molecule has 0 unspecified atom stereocenters. The number of esters is 2. The highest BCUT2D eigenvalue weighted by atomic mass is 16.6. The summed E-state index contributed by atoms with van der Waals surface area (Å²) in [5.41, 5.74) is 0.493. The zero-order chi connectivity index (χ0) is 14.5. The van der Waals surface area contributed by atoms with Gasteiger partial charge in [-0.05, 0) is 18.6 Å². The molecule has 0 aliphatic rings. The predicted molar refractivity (Wildman–Crippen MR) is 73.9 cm³/mol. The first-order valence-electron chi connectivity index (χ1n) is 6.62.